The fraction of sp³-hybridized carbons (Fsp3) is 0.431. The van der Waals surface area contributed by atoms with Crippen LogP contribution in [0.2, 0.25) is 0 Å². The molecular formula is C51H58BrN12O6P. The smallest absolute Gasteiger partial charge is 0.262 e. The highest BCUT2D eigenvalue weighted by molar-refractivity contribution is 9.10. The van der Waals surface area contributed by atoms with Crippen molar-refractivity contribution in [2.75, 3.05) is 93.2 Å². The van der Waals surface area contributed by atoms with Crippen LogP contribution < -0.4 is 35.8 Å². The number of halogens is 1. The fourth-order valence-corrected chi connectivity index (χ4v) is 12.4. The van der Waals surface area contributed by atoms with Gasteiger partial charge in [0.1, 0.15) is 24.8 Å². The predicted octanol–water partition coefficient (Wildman–Crippen LogP) is 6.14. The van der Waals surface area contributed by atoms with E-state index in [0.717, 1.165) is 104 Å². The Labute approximate surface area is 421 Å². The number of fused-ring (bicyclic) bond motifs is 1. The Kier molecular flexibility index (Phi) is 12.5. The molecule has 4 saturated heterocycles. The third-order valence-corrected chi connectivity index (χ3v) is 17.2. The Bertz CT molecular complexity index is 3010. The molecule has 3 aromatic carbocycles. The maximum atomic E-state index is 13.5. The average Bonchev–Trinajstić information content (AvgIpc) is 4.06. The number of nitrogens with zero attached hydrogens (tertiary/aromatic N) is 9. The molecule has 18 nitrogen and oxygen atoms in total. The molecule has 11 rings (SSSR count). The van der Waals surface area contributed by atoms with Gasteiger partial charge in [-0.25, -0.2) is 4.98 Å². The second-order valence-corrected chi connectivity index (χ2v) is 24.1. The lowest BCUT2D eigenvalue weighted by atomic mass is 9.97. The number of imide groups is 2. The van der Waals surface area contributed by atoms with Crippen LogP contribution in [-0.2, 0) is 21.2 Å². The summed E-state index contributed by atoms with van der Waals surface area (Å²) in [5.74, 6) is 0.160. The van der Waals surface area contributed by atoms with E-state index < -0.39 is 36.8 Å². The highest BCUT2D eigenvalue weighted by Gasteiger charge is 2.45. The third kappa shape index (κ3) is 9.33. The molecule has 5 aliphatic heterocycles. The molecule has 71 heavy (non-hydrogen) atoms. The number of rotatable bonds is 13. The van der Waals surface area contributed by atoms with Gasteiger partial charge in [0, 0.05) is 124 Å². The van der Waals surface area contributed by atoms with Crippen molar-refractivity contribution in [1.29, 1.82) is 0 Å². The summed E-state index contributed by atoms with van der Waals surface area (Å²) < 4.78 is 22.0. The number of hydrogen-bond acceptors (Lipinski definition) is 15. The summed E-state index contributed by atoms with van der Waals surface area (Å²) in [6.07, 6.45) is 10.4. The Morgan fingerprint density at radius 2 is 1.52 bits per heavy atom. The number of nitrogens with one attached hydrogen (secondary N) is 3. The largest absolute Gasteiger partial charge is 0.494 e. The van der Waals surface area contributed by atoms with E-state index in [1.807, 2.05) is 36.3 Å². The zero-order valence-corrected chi connectivity index (χ0v) is 42.8. The lowest BCUT2D eigenvalue weighted by Crippen LogP contribution is -2.62. The van der Waals surface area contributed by atoms with Crippen molar-refractivity contribution in [2.45, 2.75) is 62.6 Å². The van der Waals surface area contributed by atoms with Crippen molar-refractivity contribution in [3.05, 3.63) is 88.3 Å². The molecule has 6 aliphatic rings. The first-order valence-electron chi connectivity index (χ1n) is 24.5. The summed E-state index contributed by atoms with van der Waals surface area (Å²) >= 11 is 3.64. The molecule has 3 N–H and O–H groups in total. The summed E-state index contributed by atoms with van der Waals surface area (Å²) in [4.78, 5) is 71.3. The topological polar surface area (TPSA) is 190 Å². The molecule has 1 unspecified atom stereocenters. The van der Waals surface area contributed by atoms with Gasteiger partial charge in [0.05, 0.1) is 40.3 Å². The van der Waals surface area contributed by atoms with E-state index in [1.54, 1.807) is 38.8 Å². The molecule has 0 spiro atoms. The molecule has 0 bridgehead atoms. The van der Waals surface area contributed by atoms with Crippen molar-refractivity contribution in [2.24, 2.45) is 7.05 Å². The quantitative estimate of drug-likeness (QED) is 0.0901. The zero-order chi connectivity index (χ0) is 49.3. The Balaban J connectivity index is 0.718. The fourth-order valence-electron chi connectivity index (χ4n) is 10.9. The van der Waals surface area contributed by atoms with Gasteiger partial charge in [0.25, 0.3) is 11.8 Å². The van der Waals surface area contributed by atoms with Crippen LogP contribution in [0.3, 0.4) is 0 Å². The molecule has 5 fully saturated rings. The number of carbonyl (C=O) groups excluding carboxylic acids is 4. The number of aryl methyl sites for hydroxylation is 1. The van der Waals surface area contributed by atoms with E-state index in [-0.39, 0.29) is 12.8 Å². The van der Waals surface area contributed by atoms with Gasteiger partial charge >= 0.3 is 0 Å². The van der Waals surface area contributed by atoms with Gasteiger partial charge in [0.15, 0.2) is 0 Å². The van der Waals surface area contributed by atoms with Crippen LogP contribution in [0.25, 0.3) is 11.1 Å². The number of piperazine rings is 1. The van der Waals surface area contributed by atoms with E-state index >= 15 is 0 Å². The third-order valence-electron chi connectivity index (χ3n) is 15.1. The van der Waals surface area contributed by atoms with Crippen LogP contribution in [0, 0.1) is 0 Å². The number of aromatic nitrogens is 4. The number of carbonyl (C=O) groups is 4. The molecule has 370 valence electrons. The van der Waals surface area contributed by atoms with E-state index in [4.69, 9.17) is 9.72 Å². The molecular weight excluding hydrogens is 988 g/mol. The molecule has 1 aliphatic carbocycles. The second-order valence-electron chi connectivity index (χ2n) is 20.0. The van der Waals surface area contributed by atoms with Gasteiger partial charge in [-0.1, -0.05) is 6.07 Å². The second kappa shape index (κ2) is 18.8. The van der Waals surface area contributed by atoms with Crippen LogP contribution >= 0.6 is 23.1 Å². The molecule has 1 atom stereocenters. The first-order valence-corrected chi connectivity index (χ1v) is 27.9. The van der Waals surface area contributed by atoms with E-state index in [9.17, 15) is 23.7 Å². The maximum absolute atomic E-state index is 13.5. The van der Waals surface area contributed by atoms with Crippen LogP contribution in [0.5, 0.6) is 5.75 Å². The summed E-state index contributed by atoms with van der Waals surface area (Å²) in [6, 6.07) is 15.7. The number of methoxy groups -OCH3 is 1. The number of hydrogen-bond donors (Lipinski definition) is 3. The van der Waals surface area contributed by atoms with E-state index in [0.29, 0.717) is 56.8 Å². The number of anilines is 6. The van der Waals surface area contributed by atoms with Gasteiger partial charge < -0.3 is 29.7 Å². The van der Waals surface area contributed by atoms with Crippen molar-refractivity contribution < 1.29 is 28.5 Å². The van der Waals surface area contributed by atoms with Crippen LogP contribution in [0.4, 0.5) is 34.5 Å². The lowest BCUT2D eigenvalue weighted by Gasteiger charge is -2.50. The predicted molar refractivity (Wildman–Crippen MR) is 276 cm³/mol. The normalized spacial score (nSPS) is 20.6. The number of likely N-dealkylation sites (tertiary alicyclic amines) is 1. The van der Waals surface area contributed by atoms with Gasteiger partial charge in [-0.2, -0.15) is 10.1 Å². The van der Waals surface area contributed by atoms with Crippen molar-refractivity contribution in [3.63, 3.8) is 0 Å². The van der Waals surface area contributed by atoms with Crippen LogP contribution in [0.1, 0.15) is 70.7 Å². The molecule has 5 aromatic rings. The van der Waals surface area contributed by atoms with Gasteiger partial charge in [-0.3, -0.25) is 43.9 Å². The monoisotopic (exact) mass is 1040 g/mol. The maximum Gasteiger partial charge on any atom is 0.262 e. The minimum Gasteiger partial charge on any atom is -0.494 e. The van der Waals surface area contributed by atoms with Gasteiger partial charge in [0.2, 0.25) is 17.8 Å². The lowest BCUT2D eigenvalue weighted by molar-refractivity contribution is -0.136. The first-order chi connectivity index (χ1) is 34.2. The van der Waals surface area contributed by atoms with Gasteiger partial charge in [-0.15, -0.1) is 0 Å². The standard InChI is InChI=1S/C51H58BrN12O6P/c1-59-27-32(25-54-59)37-23-41(56-51-53-26-39(52)47(58-51)55-40-10-7-31(30-5-6-30)21-45(40)71(3,4)69)44(70-2)24-43(37)62-19-17-61(18-20-62)33-13-15-60(16-14-33)35-28-63(29-35)34-8-9-36-38(22-34)50(68)64(49(36)67)42-11-12-46(65)57-48(42)66/h7-10,21-27,30,33,35,42H,5-6,11-20,28-29H2,1-4H3,(H,57,65,66)(H2,53,55,56,58). The minimum atomic E-state index is -2.61. The van der Waals surface area contributed by atoms with Gasteiger partial charge in [-0.05, 0) is 109 Å². The highest BCUT2D eigenvalue weighted by atomic mass is 79.9. The van der Waals surface area contributed by atoms with Crippen LogP contribution in [0.15, 0.2) is 71.6 Å². The zero-order valence-electron chi connectivity index (χ0n) is 40.4. The number of piperidine rings is 2. The Hall–Kier alpha value is -6.14. The molecule has 1 saturated carbocycles. The molecule has 0 radical (unpaired) electrons. The molecule has 20 heteroatoms. The van der Waals surface area contributed by atoms with Crippen LogP contribution in [-0.4, -0.2) is 149 Å². The molecule has 7 heterocycles. The van der Waals surface area contributed by atoms with Crippen molar-refractivity contribution in [1.82, 2.24) is 39.8 Å². The summed E-state index contributed by atoms with van der Waals surface area (Å²) in [5, 5.41) is 14.5. The van der Waals surface area contributed by atoms with E-state index in [1.165, 1.54) is 18.4 Å². The molecule has 2 aromatic heterocycles. The number of amides is 4. The minimum absolute atomic E-state index is 0.0904. The summed E-state index contributed by atoms with van der Waals surface area (Å²) in [6.45, 7) is 10.9. The Morgan fingerprint density at radius 3 is 2.21 bits per heavy atom. The van der Waals surface area contributed by atoms with Crippen molar-refractivity contribution >= 4 is 86.5 Å². The average molecular weight is 1050 g/mol. The summed E-state index contributed by atoms with van der Waals surface area (Å²) in [7, 11) is 0.990. The summed E-state index contributed by atoms with van der Waals surface area (Å²) in [5.41, 5.74) is 7.28. The SMILES string of the molecule is COc1cc(N2CCN(C3CCN(C4CN(c5ccc6c(c5)C(=O)N(C5CCC(=O)NC5=O)C6=O)C4)CC3)CC2)c(-c2cnn(C)c2)cc1Nc1ncc(Br)c(Nc2ccc(C3CC3)cc2P(C)(C)=O)n1. The number of ether oxygens (including phenoxy) is 1. The highest BCUT2D eigenvalue weighted by Crippen LogP contribution is 2.45. The Morgan fingerprint density at radius 1 is 0.775 bits per heavy atom. The molecule has 4 amide bonds. The van der Waals surface area contributed by atoms with Crippen molar-refractivity contribution in [3.8, 4) is 16.9 Å². The first kappa shape index (κ1) is 47.2. The van der Waals surface area contributed by atoms with E-state index in [2.05, 4.69) is 85.8 Å². The number of benzene rings is 3.